The monoisotopic (exact) mass is 396 g/mol. The van der Waals surface area contributed by atoms with E-state index >= 15 is 0 Å². The number of hydrogen-bond acceptors (Lipinski definition) is 5. The number of benzene rings is 1. The van der Waals surface area contributed by atoms with Crippen molar-refractivity contribution in [3.05, 3.63) is 59.5 Å². The van der Waals surface area contributed by atoms with Gasteiger partial charge in [0, 0.05) is 18.7 Å². The van der Waals surface area contributed by atoms with Crippen molar-refractivity contribution in [3.63, 3.8) is 0 Å². The maximum Gasteiger partial charge on any atom is 0.253 e. The number of anilines is 1. The van der Waals surface area contributed by atoms with Gasteiger partial charge in [-0.15, -0.1) is 0 Å². The predicted molar refractivity (Wildman–Crippen MR) is 87.9 cm³/mol. The average molecular weight is 396 g/mol. The van der Waals surface area contributed by atoms with E-state index in [-0.39, 0.29) is 24.8 Å². The van der Waals surface area contributed by atoms with Gasteiger partial charge < -0.3 is 9.42 Å². The van der Waals surface area contributed by atoms with Crippen molar-refractivity contribution in [2.75, 3.05) is 18.0 Å². The lowest BCUT2D eigenvalue weighted by Crippen LogP contribution is -2.36. The van der Waals surface area contributed by atoms with Crippen molar-refractivity contribution in [1.82, 2.24) is 15.1 Å². The summed E-state index contributed by atoms with van der Waals surface area (Å²) in [7, 11) is 0. The molecule has 1 fully saturated rings. The quantitative estimate of drug-likeness (QED) is 0.490. The maximum atomic E-state index is 14.0. The molecule has 0 spiro atoms. The third-order valence-electron chi connectivity index (χ3n) is 4.61. The molecule has 146 valence electrons. The van der Waals surface area contributed by atoms with E-state index in [4.69, 9.17) is 4.52 Å². The fraction of sp³-hybridized carbons (Fsp3) is 0.278. The van der Waals surface area contributed by atoms with Crippen LogP contribution in [0.15, 0.2) is 28.8 Å². The first kappa shape index (κ1) is 18.3. The van der Waals surface area contributed by atoms with Crippen molar-refractivity contribution >= 4 is 5.69 Å². The normalized spacial score (nSPS) is 17.2. The van der Waals surface area contributed by atoms with E-state index in [0.717, 1.165) is 0 Å². The van der Waals surface area contributed by atoms with Gasteiger partial charge in [0.15, 0.2) is 0 Å². The van der Waals surface area contributed by atoms with Crippen LogP contribution in [0.2, 0.25) is 0 Å². The molecule has 3 aromatic rings. The van der Waals surface area contributed by atoms with E-state index in [1.165, 1.54) is 29.2 Å². The minimum absolute atomic E-state index is 0.0295. The van der Waals surface area contributed by atoms with E-state index in [1.807, 2.05) is 0 Å². The number of nitrogens with zero attached hydrogens (tertiary/aromatic N) is 4. The Morgan fingerprint density at radius 2 is 1.61 bits per heavy atom. The van der Waals surface area contributed by atoms with Gasteiger partial charge in [-0.25, -0.2) is 4.39 Å². The van der Waals surface area contributed by atoms with Crippen LogP contribution in [-0.4, -0.2) is 28.2 Å². The zero-order valence-electron chi connectivity index (χ0n) is 14.3. The Balaban J connectivity index is 1.59. The lowest BCUT2D eigenvalue weighted by molar-refractivity contribution is 0.330. The van der Waals surface area contributed by atoms with E-state index in [0.29, 0.717) is 18.4 Å². The first-order valence-electron chi connectivity index (χ1n) is 8.48. The number of rotatable bonds is 3. The highest BCUT2D eigenvalue weighted by atomic mass is 19.2. The van der Waals surface area contributed by atoms with Crippen LogP contribution in [0.3, 0.4) is 0 Å². The topological polar surface area (TPSA) is 55.1 Å². The van der Waals surface area contributed by atoms with Crippen LogP contribution in [-0.2, 0) is 0 Å². The zero-order valence-corrected chi connectivity index (χ0v) is 14.3. The minimum Gasteiger partial charge on any atom is -0.366 e. The standard InChI is InChI=1S/C18H13F5N4O/c19-11-5-3-9(4-6-11)17-25-18(28-26-17)10-2-1-7-27(8-10)14-12(20)15(22)24-16(23)13(14)21/h3-6,10H,1-2,7-8H2. The molecule has 1 unspecified atom stereocenters. The molecule has 1 atom stereocenters. The molecule has 0 bridgehead atoms. The Kier molecular flexibility index (Phi) is 4.70. The summed E-state index contributed by atoms with van der Waals surface area (Å²) in [5.74, 6) is -6.83. The average Bonchev–Trinajstić information content (AvgIpc) is 3.18. The Bertz CT molecular complexity index is 982. The Labute approximate surface area is 155 Å². The molecule has 0 aliphatic carbocycles. The molecule has 1 aliphatic heterocycles. The lowest BCUT2D eigenvalue weighted by atomic mass is 9.97. The van der Waals surface area contributed by atoms with Crippen LogP contribution in [0.4, 0.5) is 27.6 Å². The molecule has 0 saturated carbocycles. The highest BCUT2D eigenvalue weighted by Gasteiger charge is 2.32. The number of pyridine rings is 1. The van der Waals surface area contributed by atoms with Crippen molar-refractivity contribution in [2.24, 2.45) is 0 Å². The summed E-state index contributed by atoms with van der Waals surface area (Å²) in [5, 5.41) is 3.85. The smallest absolute Gasteiger partial charge is 0.253 e. The van der Waals surface area contributed by atoms with E-state index < -0.39 is 41.0 Å². The molecule has 4 rings (SSSR count). The van der Waals surface area contributed by atoms with Gasteiger partial charge in [0.05, 0.1) is 5.92 Å². The second-order valence-corrected chi connectivity index (χ2v) is 6.42. The summed E-state index contributed by atoms with van der Waals surface area (Å²) in [6.07, 6.45) is 1.07. The highest BCUT2D eigenvalue weighted by Crippen LogP contribution is 2.33. The molecule has 1 saturated heterocycles. The van der Waals surface area contributed by atoms with Crippen LogP contribution in [0.1, 0.15) is 24.7 Å². The first-order chi connectivity index (χ1) is 13.4. The summed E-state index contributed by atoms with van der Waals surface area (Å²) in [6, 6.07) is 5.49. The molecule has 0 amide bonds. The maximum absolute atomic E-state index is 14.0. The number of aromatic nitrogens is 3. The molecule has 5 nitrogen and oxygen atoms in total. The van der Waals surface area contributed by atoms with Crippen LogP contribution in [0, 0.1) is 29.3 Å². The van der Waals surface area contributed by atoms with E-state index in [9.17, 15) is 22.0 Å². The van der Waals surface area contributed by atoms with Crippen molar-refractivity contribution in [3.8, 4) is 11.4 Å². The van der Waals surface area contributed by atoms with Gasteiger partial charge in [-0.1, -0.05) is 5.16 Å². The Morgan fingerprint density at radius 1 is 0.929 bits per heavy atom. The van der Waals surface area contributed by atoms with Crippen LogP contribution >= 0.6 is 0 Å². The third-order valence-corrected chi connectivity index (χ3v) is 4.61. The fourth-order valence-electron chi connectivity index (χ4n) is 3.25. The molecule has 28 heavy (non-hydrogen) atoms. The second kappa shape index (κ2) is 7.17. The largest absolute Gasteiger partial charge is 0.366 e. The van der Waals surface area contributed by atoms with Gasteiger partial charge in [-0.05, 0) is 37.1 Å². The molecule has 2 aromatic heterocycles. The molecule has 10 heteroatoms. The number of hydrogen-bond donors (Lipinski definition) is 0. The summed E-state index contributed by atoms with van der Waals surface area (Å²) < 4.78 is 73.2. The summed E-state index contributed by atoms with van der Waals surface area (Å²) >= 11 is 0. The number of piperidine rings is 1. The van der Waals surface area contributed by atoms with Crippen LogP contribution in [0.25, 0.3) is 11.4 Å². The summed E-state index contributed by atoms with van der Waals surface area (Å²) in [4.78, 5) is 8.04. The fourth-order valence-corrected chi connectivity index (χ4v) is 3.25. The van der Waals surface area contributed by atoms with Crippen molar-refractivity contribution in [1.29, 1.82) is 0 Å². The summed E-state index contributed by atoms with van der Waals surface area (Å²) in [6.45, 7) is 0.230. The zero-order chi connectivity index (χ0) is 19.8. The van der Waals surface area contributed by atoms with E-state index in [2.05, 4.69) is 15.1 Å². The number of halogens is 5. The third kappa shape index (κ3) is 3.30. The molecule has 1 aromatic carbocycles. The molecule has 0 N–H and O–H groups in total. The second-order valence-electron chi connectivity index (χ2n) is 6.42. The van der Waals surface area contributed by atoms with Crippen molar-refractivity contribution in [2.45, 2.75) is 18.8 Å². The van der Waals surface area contributed by atoms with Gasteiger partial charge >= 0.3 is 0 Å². The van der Waals surface area contributed by atoms with Gasteiger partial charge in [-0.3, -0.25) is 0 Å². The SMILES string of the molecule is Fc1ccc(-c2noc(C3CCCN(c4c(F)c(F)nc(F)c4F)C3)n2)cc1. The van der Waals surface area contributed by atoms with Crippen LogP contribution in [0.5, 0.6) is 0 Å². The Morgan fingerprint density at radius 3 is 2.29 bits per heavy atom. The molecule has 3 heterocycles. The van der Waals surface area contributed by atoms with Crippen molar-refractivity contribution < 1.29 is 26.5 Å². The Hall–Kier alpha value is -3.04. The van der Waals surface area contributed by atoms with Gasteiger partial charge in [0.2, 0.25) is 23.3 Å². The van der Waals surface area contributed by atoms with E-state index in [1.54, 1.807) is 0 Å². The van der Waals surface area contributed by atoms with Gasteiger partial charge in [0.25, 0.3) is 11.9 Å². The van der Waals surface area contributed by atoms with Crippen LogP contribution < -0.4 is 4.90 Å². The highest BCUT2D eigenvalue weighted by molar-refractivity contribution is 5.54. The predicted octanol–water partition coefficient (Wildman–Crippen LogP) is 4.21. The molecular formula is C18H13F5N4O. The van der Waals surface area contributed by atoms with Gasteiger partial charge in [0.1, 0.15) is 11.5 Å². The van der Waals surface area contributed by atoms with Gasteiger partial charge in [-0.2, -0.15) is 27.5 Å². The summed E-state index contributed by atoms with van der Waals surface area (Å²) in [5.41, 5.74) is -0.257. The molecular weight excluding hydrogens is 383 g/mol. The molecule has 0 radical (unpaired) electrons. The first-order valence-corrected chi connectivity index (χ1v) is 8.48. The minimum atomic E-state index is -1.70. The molecule has 1 aliphatic rings. The lowest BCUT2D eigenvalue weighted by Gasteiger charge is -2.33.